The van der Waals surface area contributed by atoms with E-state index in [2.05, 4.69) is 15.6 Å². The van der Waals surface area contributed by atoms with Gasteiger partial charge in [0.1, 0.15) is 6.04 Å². The van der Waals surface area contributed by atoms with Gasteiger partial charge in [0.15, 0.2) is 0 Å². The lowest BCUT2D eigenvalue weighted by Gasteiger charge is -2.13. The van der Waals surface area contributed by atoms with Crippen molar-refractivity contribution in [1.82, 2.24) is 20.3 Å². The summed E-state index contributed by atoms with van der Waals surface area (Å²) >= 11 is 0. The van der Waals surface area contributed by atoms with Gasteiger partial charge in [-0.3, -0.25) is 4.79 Å². The molecule has 18 heavy (non-hydrogen) atoms. The molecule has 1 amide bonds. The Balaban J connectivity index is 2.53. The summed E-state index contributed by atoms with van der Waals surface area (Å²) in [5, 5.41) is 10.9. The van der Waals surface area contributed by atoms with Crippen LogP contribution in [0.2, 0.25) is 0 Å². The Morgan fingerprint density at radius 3 is 2.78 bits per heavy atom. The third-order valence-electron chi connectivity index (χ3n) is 2.65. The monoisotopic (exact) mass is 253 g/mol. The van der Waals surface area contributed by atoms with E-state index >= 15 is 0 Å². The van der Waals surface area contributed by atoms with Crippen LogP contribution in [0.25, 0.3) is 0 Å². The Morgan fingerprint density at radius 2 is 2.17 bits per heavy atom. The van der Waals surface area contributed by atoms with Gasteiger partial charge in [-0.15, -0.1) is 5.10 Å². The number of nitrogens with one attached hydrogen (secondary N) is 1. The second kappa shape index (κ2) is 7.10. The quantitative estimate of drug-likeness (QED) is 0.698. The Kier molecular flexibility index (Phi) is 5.77. The number of aromatic nitrogens is 3. The molecule has 1 aromatic rings. The molecule has 1 heterocycles. The highest BCUT2D eigenvalue weighted by atomic mass is 16.2. The van der Waals surface area contributed by atoms with E-state index in [1.54, 1.807) is 4.68 Å². The van der Waals surface area contributed by atoms with Gasteiger partial charge < -0.3 is 11.1 Å². The largest absolute Gasteiger partial charge is 0.352 e. The first-order chi connectivity index (χ1) is 8.54. The van der Waals surface area contributed by atoms with Gasteiger partial charge in [-0.25, -0.2) is 4.68 Å². The van der Waals surface area contributed by atoms with Crippen LogP contribution in [0, 0.1) is 0 Å². The van der Waals surface area contributed by atoms with Gasteiger partial charge in [0.2, 0.25) is 5.91 Å². The number of unbranched alkanes of at least 4 members (excludes halogenated alkanes) is 1. The molecule has 102 valence electrons. The number of nitrogens with zero attached hydrogens (tertiary/aromatic N) is 3. The SMILES string of the molecule is CC(C)NC(=O)C(C)n1cc(CCCCN)nn1. The maximum atomic E-state index is 11.8. The first kappa shape index (κ1) is 14.6. The standard InChI is InChI=1S/C12H23N5O/c1-9(2)14-12(18)10(3)17-8-11(15-16-17)6-4-5-7-13/h8-10H,4-7,13H2,1-3H3,(H,14,18). The maximum Gasteiger partial charge on any atom is 0.244 e. The van der Waals surface area contributed by atoms with Gasteiger partial charge >= 0.3 is 0 Å². The molecule has 1 unspecified atom stereocenters. The van der Waals surface area contributed by atoms with Crippen LogP contribution in [-0.2, 0) is 11.2 Å². The van der Waals surface area contributed by atoms with E-state index in [0.717, 1.165) is 25.0 Å². The molecule has 0 bridgehead atoms. The number of aryl methyl sites for hydroxylation is 1. The summed E-state index contributed by atoms with van der Waals surface area (Å²) in [5.74, 6) is -0.0385. The fourth-order valence-corrected chi connectivity index (χ4v) is 1.59. The number of amides is 1. The summed E-state index contributed by atoms with van der Waals surface area (Å²) < 4.78 is 1.61. The molecule has 6 nitrogen and oxygen atoms in total. The van der Waals surface area contributed by atoms with Crippen LogP contribution in [0.4, 0.5) is 0 Å². The molecule has 0 radical (unpaired) electrons. The lowest BCUT2D eigenvalue weighted by molar-refractivity contribution is -0.124. The molecule has 0 fully saturated rings. The lowest BCUT2D eigenvalue weighted by atomic mass is 10.2. The van der Waals surface area contributed by atoms with E-state index in [0.29, 0.717) is 6.54 Å². The van der Waals surface area contributed by atoms with Crippen LogP contribution in [-0.4, -0.2) is 33.5 Å². The van der Waals surface area contributed by atoms with Crippen molar-refractivity contribution in [3.8, 4) is 0 Å². The normalized spacial score (nSPS) is 12.7. The van der Waals surface area contributed by atoms with Crippen molar-refractivity contribution >= 4 is 5.91 Å². The first-order valence-corrected chi connectivity index (χ1v) is 6.45. The molecule has 0 spiro atoms. The van der Waals surface area contributed by atoms with Gasteiger partial charge in [0.05, 0.1) is 5.69 Å². The Hall–Kier alpha value is -1.43. The fraction of sp³-hybridized carbons (Fsp3) is 0.750. The minimum absolute atomic E-state index is 0.0385. The van der Waals surface area contributed by atoms with Gasteiger partial charge in [-0.1, -0.05) is 5.21 Å². The summed E-state index contributed by atoms with van der Waals surface area (Å²) in [7, 11) is 0. The minimum Gasteiger partial charge on any atom is -0.352 e. The molecule has 1 atom stereocenters. The highest BCUT2D eigenvalue weighted by molar-refractivity contribution is 5.79. The minimum atomic E-state index is -0.330. The number of carbonyl (C=O) groups is 1. The predicted molar refractivity (Wildman–Crippen MR) is 70.0 cm³/mol. The first-order valence-electron chi connectivity index (χ1n) is 6.45. The number of carbonyl (C=O) groups excluding carboxylic acids is 1. The third kappa shape index (κ3) is 4.44. The lowest BCUT2D eigenvalue weighted by Crippen LogP contribution is -2.35. The summed E-state index contributed by atoms with van der Waals surface area (Å²) in [6.07, 6.45) is 4.68. The van der Waals surface area contributed by atoms with E-state index in [4.69, 9.17) is 5.73 Å². The Bertz CT molecular complexity index is 374. The van der Waals surface area contributed by atoms with E-state index in [9.17, 15) is 4.79 Å². The van der Waals surface area contributed by atoms with Crippen LogP contribution in [0.15, 0.2) is 6.20 Å². The van der Waals surface area contributed by atoms with E-state index in [1.807, 2.05) is 27.0 Å². The molecule has 0 aliphatic heterocycles. The highest BCUT2D eigenvalue weighted by Gasteiger charge is 2.17. The molecule has 0 aliphatic carbocycles. The predicted octanol–water partition coefficient (Wildman–Crippen LogP) is 0.645. The number of nitrogens with two attached hydrogens (primary N) is 1. The highest BCUT2D eigenvalue weighted by Crippen LogP contribution is 2.07. The van der Waals surface area contributed by atoms with Gasteiger partial charge in [0, 0.05) is 12.2 Å². The second-order valence-corrected chi connectivity index (χ2v) is 4.77. The second-order valence-electron chi connectivity index (χ2n) is 4.77. The molecular formula is C12H23N5O. The molecule has 0 aliphatic rings. The van der Waals surface area contributed by atoms with Gasteiger partial charge in [0.25, 0.3) is 0 Å². The molecular weight excluding hydrogens is 230 g/mol. The molecule has 0 aromatic carbocycles. The maximum absolute atomic E-state index is 11.8. The van der Waals surface area contributed by atoms with E-state index in [1.165, 1.54) is 0 Å². The zero-order valence-electron chi connectivity index (χ0n) is 11.4. The van der Waals surface area contributed by atoms with Crippen molar-refractivity contribution < 1.29 is 4.79 Å². The number of rotatable bonds is 7. The third-order valence-corrected chi connectivity index (χ3v) is 2.65. The number of hydrogen-bond acceptors (Lipinski definition) is 4. The van der Waals surface area contributed by atoms with Crippen LogP contribution < -0.4 is 11.1 Å². The Labute approximate surface area is 108 Å². The molecule has 0 saturated heterocycles. The van der Waals surface area contributed by atoms with Crippen molar-refractivity contribution in [2.45, 2.75) is 52.1 Å². The van der Waals surface area contributed by atoms with Crippen molar-refractivity contribution in [1.29, 1.82) is 0 Å². The summed E-state index contributed by atoms with van der Waals surface area (Å²) in [6.45, 7) is 6.38. The molecule has 3 N–H and O–H groups in total. The zero-order chi connectivity index (χ0) is 13.5. The van der Waals surface area contributed by atoms with Gasteiger partial charge in [-0.05, 0) is 46.6 Å². The van der Waals surface area contributed by atoms with Crippen LogP contribution in [0.5, 0.6) is 0 Å². The van der Waals surface area contributed by atoms with Crippen molar-refractivity contribution in [2.75, 3.05) is 6.54 Å². The number of hydrogen-bond donors (Lipinski definition) is 2. The topological polar surface area (TPSA) is 85.8 Å². The summed E-state index contributed by atoms with van der Waals surface area (Å²) in [4.78, 5) is 11.8. The van der Waals surface area contributed by atoms with Gasteiger partial charge in [-0.2, -0.15) is 0 Å². The average molecular weight is 253 g/mol. The van der Waals surface area contributed by atoms with Crippen molar-refractivity contribution in [3.63, 3.8) is 0 Å². The summed E-state index contributed by atoms with van der Waals surface area (Å²) in [6, 6.07) is -0.198. The zero-order valence-corrected chi connectivity index (χ0v) is 11.4. The smallest absolute Gasteiger partial charge is 0.244 e. The molecule has 0 saturated carbocycles. The molecule has 1 rings (SSSR count). The van der Waals surface area contributed by atoms with Crippen LogP contribution in [0.1, 0.15) is 45.3 Å². The van der Waals surface area contributed by atoms with Crippen molar-refractivity contribution in [3.05, 3.63) is 11.9 Å². The summed E-state index contributed by atoms with van der Waals surface area (Å²) in [5.41, 5.74) is 6.35. The van der Waals surface area contributed by atoms with Crippen LogP contribution >= 0.6 is 0 Å². The Morgan fingerprint density at radius 1 is 1.44 bits per heavy atom. The van der Waals surface area contributed by atoms with E-state index < -0.39 is 0 Å². The molecule has 6 heteroatoms. The van der Waals surface area contributed by atoms with E-state index in [-0.39, 0.29) is 18.0 Å². The average Bonchev–Trinajstić information content (AvgIpc) is 2.76. The van der Waals surface area contributed by atoms with Crippen LogP contribution in [0.3, 0.4) is 0 Å². The fourth-order valence-electron chi connectivity index (χ4n) is 1.59. The molecule has 1 aromatic heterocycles. The van der Waals surface area contributed by atoms with Crippen molar-refractivity contribution in [2.24, 2.45) is 5.73 Å².